The lowest BCUT2D eigenvalue weighted by Gasteiger charge is -2.43. The summed E-state index contributed by atoms with van der Waals surface area (Å²) in [6.45, 7) is 10.3. The minimum atomic E-state index is -2.92. The summed E-state index contributed by atoms with van der Waals surface area (Å²) in [7, 11) is -2.92. The molecule has 0 bridgehead atoms. The Morgan fingerprint density at radius 3 is 2.07 bits per heavy atom. The summed E-state index contributed by atoms with van der Waals surface area (Å²) in [6.07, 6.45) is -0.420. The molecule has 43 heavy (non-hydrogen) atoms. The number of carbonyl (C=O) groups excluding carboxylic acids is 1. The van der Waals surface area contributed by atoms with Gasteiger partial charge in [0, 0.05) is 18.2 Å². The fourth-order valence-corrected chi connectivity index (χ4v) is 10.4. The van der Waals surface area contributed by atoms with Crippen LogP contribution < -0.4 is 21.6 Å². The van der Waals surface area contributed by atoms with E-state index in [0.29, 0.717) is 11.1 Å². The summed E-state index contributed by atoms with van der Waals surface area (Å²) in [5.41, 5.74) is 0.803. The molecule has 1 aromatic heterocycles. The van der Waals surface area contributed by atoms with Crippen molar-refractivity contribution in [3.63, 3.8) is 0 Å². The third kappa shape index (κ3) is 6.20. The highest BCUT2D eigenvalue weighted by Gasteiger charge is 2.51. The van der Waals surface area contributed by atoms with Gasteiger partial charge in [-0.3, -0.25) is 14.3 Å². The molecule has 224 valence electrons. The van der Waals surface area contributed by atoms with Crippen LogP contribution in [0.25, 0.3) is 0 Å². The van der Waals surface area contributed by atoms with Gasteiger partial charge >= 0.3 is 11.7 Å². The van der Waals surface area contributed by atoms with Crippen LogP contribution >= 0.6 is 0 Å². The van der Waals surface area contributed by atoms with Crippen molar-refractivity contribution in [1.82, 2.24) is 9.55 Å². The maximum absolute atomic E-state index is 13.2. The molecule has 1 fully saturated rings. The first-order valence-electron chi connectivity index (χ1n) is 14.5. The number of benzene rings is 3. The molecule has 0 spiro atoms. The van der Waals surface area contributed by atoms with Crippen molar-refractivity contribution < 1.29 is 18.7 Å². The average Bonchev–Trinajstić information content (AvgIpc) is 3.38. The lowest BCUT2D eigenvalue weighted by molar-refractivity contribution is -0.0492. The first-order valence-corrected chi connectivity index (χ1v) is 16.4. The maximum atomic E-state index is 13.2. The minimum Gasteiger partial charge on any atom is -0.456 e. The van der Waals surface area contributed by atoms with Crippen LogP contribution in [-0.4, -0.2) is 42.7 Å². The van der Waals surface area contributed by atoms with Crippen molar-refractivity contribution in [2.75, 3.05) is 6.61 Å². The van der Waals surface area contributed by atoms with Crippen LogP contribution in [-0.2, 0) is 13.9 Å². The van der Waals surface area contributed by atoms with Crippen LogP contribution in [0.1, 0.15) is 54.9 Å². The number of aryl methyl sites for hydroxylation is 2. The first kappa shape index (κ1) is 30.4. The molecule has 1 saturated heterocycles. The molecule has 1 aliphatic heterocycles. The van der Waals surface area contributed by atoms with Crippen LogP contribution in [0.5, 0.6) is 0 Å². The van der Waals surface area contributed by atoms with Gasteiger partial charge < -0.3 is 13.9 Å². The predicted octanol–water partition coefficient (Wildman–Crippen LogP) is 4.24. The molecule has 4 aromatic rings. The van der Waals surface area contributed by atoms with Gasteiger partial charge in [-0.05, 0) is 41.4 Å². The molecule has 8 nitrogen and oxygen atoms in total. The van der Waals surface area contributed by atoms with Gasteiger partial charge in [0.25, 0.3) is 13.9 Å². The Morgan fingerprint density at radius 2 is 1.51 bits per heavy atom. The van der Waals surface area contributed by atoms with Gasteiger partial charge in [0.1, 0.15) is 18.4 Å². The number of ether oxygens (including phenoxy) is 2. The van der Waals surface area contributed by atoms with Gasteiger partial charge in [0.15, 0.2) is 0 Å². The molecule has 2 heterocycles. The second kappa shape index (κ2) is 12.3. The molecular formula is C34H38N2O6Si. The zero-order valence-corrected chi connectivity index (χ0v) is 26.2. The Morgan fingerprint density at radius 1 is 0.930 bits per heavy atom. The molecule has 3 aromatic carbocycles. The van der Waals surface area contributed by atoms with Crippen LogP contribution in [0, 0.1) is 13.8 Å². The second-order valence-corrected chi connectivity index (χ2v) is 16.4. The molecule has 0 radical (unpaired) electrons. The van der Waals surface area contributed by atoms with E-state index in [1.54, 1.807) is 19.1 Å². The number of aromatic amines is 1. The fourth-order valence-electron chi connectivity index (χ4n) is 5.81. The van der Waals surface area contributed by atoms with Crippen LogP contribution in [0.4, 0.5) is 0 Å². The molecule has 3 atom stereocenters. The SMILES string of the molecule is Cc1ccc(C(=O)O[C@H]2C[C@H](n3cc(C)c(=O)[nH]c3=O)O[C@@H]2CO[Si](c2ccccc2)(c2ccccc2)C(C)(C)C)cc1. The zero-order valence-electron chi connectivity index (χ0n) is 25.2. The average molecular weight is 599 g/mol. The van der Waals surface area contributed by atoms with Crippen LogP contribution in [0.15, 0.2) is 101 Å². The standard InChI is InChI=1S/C34H38N2O6Si/c1-23-16-18-25(19-17-23)32(38)42-28-20-30(36-21-24(2)31(37)35-33(36)39)41-29(28)22-40-43(34(3,4)5,26-12-8-6-9-13-26)27-14-10-7-11-15-27/h6-19,21,28-30H,20,22H2,1-5H3,(H,35,37,39)/t28-,29+,30+/m0/s1. The van der Waals surface area contributed by atoms with E-state index < -0.39 is 44.0 Å². The third-order valence-corrected chi connectivity index (χ3v) is 13.1. The number of carbonyl (C=O) groups is 1. The van der Waals surface area contributed by atoms with Gasteiger partial charge in [0.2, 0.25) is 0 Å². The molecule has 0 amide bonds. The van der Waals surface area contributed by atoms with Gasteiger partial charge in [0.05, 0.1) is 12.2 Å². The number of hydrogen-bond acceptors (Lipinski definition) is 6. The molecular weight excluding hydrogens is 560 g/mol. The fraction of sp³-hybridized carbons (Fsp3) is 0.324. The quantitative estimate of drug-likeness (QED) is 0.241. The Bertz CT molecular complexity index is 1640. The third-order valence-electron chi connectivity index (χ3n) is 8.06. The predicted molar refractivity (Wildman–Crippen MR) is 169 cm³/mol. The molecule has 0 aliphatic carbocycles. The van der Waals surface area contributed by atoms with Crippen LogP contribution in [0.3, 0.4) is 0 Å². The first-order chi connectivity index (χ1) is 20.5. The zero-order chi connectivity index (χ0) is 30.8. The highest BCUT2D eigenvalue weighted by atomic mass is 28.4. The van der Waals surface area contributed by atoms with E-state index in [1.165, 1.54) is 10.8 Å². The van der Waals surface area contributed by atoms with E-state index in [0.717, 1.165) is 15.9 Å². The molecule has 9 heteroatoms. The summed E-state index contributed by atoms with van der Waals surface area (Å²) >= 11 is 0. The number of esters is 1. The second-order valence-electron chi connectivity index (χ2n) is 12.1. The largest absolute Gasteiger partial charge is 0.456 e. The van der Waals surface area contributed by atoms with Crippen molar-refractivity contribution in [2.24, 2.45) is 0 Å². The van der Waals surface area contributed by atoms with Gasteiger partial charge in [-0.15, -0.1) is 0 Å². The normalized spacial score (nSPS) is 18.9. The topological polar surface area (TPSA) is 99.6 Å². The highest BCUT2D eigenvalue weighted by Crippen LogP contribution is 2.38. The molecule has 5 rings (SSSR count). The molecule has 1 N–H and O–H groups in total. The summed E-state index contributed by atoms with van der Waals surface area (Å²) in [5.74, 6) is -0.477. The highest BCUT2D eigenvalue weighted by molar-refractivity contribution is 6.99. The van der Waals surface area contributed by atoms with E-state index in [9.17, 15) is 14.4 Å². The van der Waals surface area contributed by atoms with Crippen molar-refractivity contribution in [2.45, 2.75) is 64.5 Å². The smallest absolute Gasteiger partial charge is 0.338 e. The summed E-state index contributed by atoms with van der Waals surface area (Å²) in [6, 6.07) is 27.7. The van der Waals surface area contributed by atoms with E-state index in [4.69, 9.17) is 13.9 Å². The van der Waals surface area contributed by atoms with E-state index in [1.807, 2.05) is 55.5 Å². The Labute approximate surface area is 252 Å². The number of nitrogens with one attached hydrogen (secondary N) is 1. The molecule has 0 saturated carbocycles. The van der Waals surface area contributed by atoms with Gasteiger partial charge in [-0.25, -0.2) is 9.59 Å². The Hall–Kier alpha value is -4.05. The van der Waals surface area contributed by atoms with Crippen molar-refractivity contribution >= 4 is 24.7 Å². The Kier molecular flexibility index (Phi) is 8.68. The van der Waals surface area contributed by atoms with Crippen LogP contribution in [0.2, 0.25) is 5.04 Å². The minimum absolute atomic E-state index is 0.132. The van der Waals surface area contributed by atoms with E-state index in [-0.39, 0.29) is 18.1 Å². The summed E-state index contributed by atoms with van der Waals surface area (Å²) < 4.78 is 20.9. The van der Waals surface area contributed by atoms with Gasteiger partial charge in [-0.1, -0.05) is 99.1 Å². The maximum Gasteiger partial charge on any atom is 0.338 e. The lowest BCUT2D eigenvalue weighted by Crippen LogP contribution is -2.67. The van der Waals surface area contributed by atoms with Gasteiger partial charge in [-0.2, -0.15) is 0 Å². The number of rotatable bonds is 8. The summed E-state index contributed by atoms with van der Waals surface area (Å²) in [5, 5.41) is 1.96. The molecule has 1 aliphatic rings. The molecule has 0 unspecified atom stereocenters. The number of hydrogen-bond donors (Lipinski definition) is 1. The number of H-pyrrole nitrogens is 1. The van der Waals surface area contributed by atoms with E-state index in [2.05, 4.69) is 50.0 Å². The number of aromatic nitrogens is 2. The van der Waals surface area contributed by atoms with Crippen molar-refractivity contribution in [3.8, 4) is 0 Å². The monoisotopic (exact) mass is 598 g/mol. The lowest BCUT2D eigenvalue weighted by atomic mass is 10.1. The summed E-state index contributed by atoms with van der Waals surface area (Å²) in [4.78, 5) is 40.4. The van der Waals surface area contributed by atoms with Crippen molar-refractivity contribution in [1.29, 1.82) is 0 Å². The number of nitrogens with zero attached hydrogens (tertiary/aromatic N) is 1. The Balaban J connectivity index is 1.51. The van der Waals surface area contributed by atoms with E-state index >= 15 is 0 Å². The van der Waals surface area contributed by atoms with Crippen molar-refractivity contribution in [3.05, 3.63) is 129 Å².